The SMILES string of the molecule is CCCCOC(=O)N1CCN(c2ccc([N+](=O)[O-])cc2)CC1C. The monoisotopic (exact) mass is 321 g/mol. The van der Waals surface area contributed by atoms with Crippen molar-refractivity contribution >= 4 is 17.5 Å². The number of non-ortho nitro benzene ring substituents is 1. The van der Waals surface area contributed by atoms with Crippen LogP contribution in [0.4, 0.5) is 16.2 Å². The third-order valence-electron chi connectivity index (χ3n) is 4.01. The Bertz CT molecular complexity index is 547. The van der Waals surface area contributed by atoms with Crippen molar-refractivity contribution in [2.24, 2.45) is 0 Å². The first kappa shape index (κ1) is 17.1. The van der Waals surface area contributed by atoms with Crippen molar-refractivity contribution in [3.8, 4) is 0 Å². The molecule has 1 aliphatic heterocycles. The number of nitrogens with zero attached hydrogens (tertiary/aromatic N) is 3. The minimum absolute atomic E-state index is 0.0352. The molecule has 2 rings (SSSR count). The van der Waals surface area contributed by atoms with Crippen LogP contribution in [0.3, 0.4) is 0 Å². The van der Waals surface area contributed by atoms with Gasteiger partial charge < -0.3 is 14.5 Å². The van der Waals surface area contributed by atoms with E-state index in [1.54, 1.807) is 17.0 Å². The van der Waals surface area contributed by atoms with E-state index < -0.39 is 4.92 Å². The second-order valence-electron chi connectivity index (χ2n) is 5.73. The van der Waals surface area contributed by atoms with E-state index in [9.17, 15) is 14.9 Å². The first-order valence-corrected chi connectivity index (χ1v) is 7.95. The number of piperazine rings is 1. The van der Waals surface area contributed by atoms with Crippen molar-refractivity contribution in [2.75, 3.05) is 31.1 Å². The fourth-order valence-corrected chi connectivity index (χ4v) is 2.64. The first-order chi connectivity index (χ1) is 11.0. The molecular formula is C16H23N3O4. The van der Waals surface area contributed by atoms with E-state index in [1.165, 1.54) is 12.1 Å². The third-order valence-corrected chi connectivity index (χ3v) is 4.01. The molecule has 7 heteroatoms. The quantitative estimate of drug-likeness (QED) is 0.473. The van der Waals surface area contributed by atoms with Crippen LogP contribution < -0.4 is 4.90 Å². The van der Waals surface area contributed by atoms with Gasteiger partial charge in [-0.1, -0.05) is 13.3 Å². The van der Waals surface area contributed by atoms with E-state index in [0.29, 0.717) is 26.2 Å². The lowest BCUT2D eigenvalue weighted by Crippen LogP contribution is -2.54. The zero-order valence-electron chi connectivity index (χ0n) is 13.6. The molecular weight excluding hydrogens is 298 g/mol. The van der Waals surface area contributed by atoms with Gasteiger partial charge in [0.15, 0.2) is 0 Å². The average Bonchev–Trinajstić information content (AvgIpc) is 2.55. The molecule has 0 saturated carbocycles. The predicted octanol–water partition coefficient (Wildman–Crippen LogP) is 3.04. The molecule has 1 saturated heterocycles. The maximum Gasteiger partial charge on any atom is 0.410 e. The van der Waals surface area contributed by atoms with Gasteiger partial charge in [0, 0.05) is 43.5 Å². The number of benzene rings is 1. The van der Waals surface area contributed by atoms with Gasteiger partial charge in [-0.05, 0) is 25.5 Å². The maximum atomic E-state index is 12.1. The average molecular weight is 321 g/mol. The summed E-state index contributed by atoms with van der Waals surface area (Å²) >= 11 is 0. The number of nitro groups is 1. The summed E-state index contributed by atoms with van der Waals surface area (Å²) in [7, 11) is 0. The van der Waals surface area contributed by atoms with E-state index in [2.05, 4.69) is 11.8 Å². The molecule has 1 heterocycles. The minimum atomic E-state index is -0.406. The van der Waals surface area contributed by atoms with Crippen LogP contribution in [0, 0.1) is 10.1 Å². The predicted molar refractivity (Wildman–Crippen MR) is 87.7 cm³/mol. The highest BCUT2D eigenvalue weighted by Crippen LogP contribution is 2.22. The number of nitro benzene ring substituents is 1. The molecule has 0 radical (unpaired) electrons. The van der Waals surface area contributed by atoms with Gasteiger partial charge in [0.2, 0.25) is 0 Å². The molecule has 126 valence electrons. The Hall–Kier alpha value is -2.31. The van der Waals surface area contributed by atoms with Crippen LogP contribution in [0.1, 0.15) is 26.7 Å². The Labute approximate surface area is 136 Å². The fourth-order valence-electron chi connectivity index (χ4n) is 2.64. The standard InChI is InChI=1S/C16H23N3O4/c1-3-4-11-23-16(20)18-10-9-17(12-13(18)2)14-5-7-15(8-6-14)19(21)22/h5-8,13H,3-4,9-12H2,1-2H3. The van der Waals surface area contributed by atoms with Crippen molar-refractivity contribution in [2.45, 2.75) is 32.7 Å². The molecule has 7 nitrogen and oxygen atoms in total. The summed E-state index contributed by atoms with van der Waals surface area (Å²) in [5.41, 5.74) is 1.02. The van der Waals surface area contributed by atoms with Crippen LogP contribution in [0.2, 0.25) is 0 Å². The fraction of sp³-hybridized carbons (Fsp3) is 0.562. The number of ether oxygens (including phenoxy) is 1. The summed E-state index contributed by atoms with van der Waals surface area (Å²) in [6.07, 6.45) is 1.62. The highest BCUT2D eigenvalue weighted by molar-refractivity contribution is 5.68. The van der Waals surface area contributed by atoms with Gasteiger partial charge in [0.05, 0.1) is 11.5 Å². The number of rotatable bonds is 5. The van der Waals surface area contributed by atoms with E-state index in [-0.39, 0.29) is 17.8 Å². The highest BCUT2D eigenvalue weighted by Gasteiger charge is 2.28. The summed E-state index contributed by atoms with van der Waals surface area (Å²) in [6, 6.07) is 6.55. The van der Waals surface area contributed by atoms with Gasteiger partial charge in [-0.25, -0.2) is 4.79 Å². The largest absolute Gasteiger partial charge is 0.449 e. The van der Waals surface area contributed by atoms with Gasteiger partial charge in [-0.15, -0.1) is 0 Å². The number of anilines is 1. The van der Waals surface area contributed by atoms with Gasteiger partial charge in [-0.3, -0.25) is 10.1 Å². The molecule has 0 bridgehead atoms. The normalized spacial score (nSPS) is 17.9. The highest BCUT2D eigenvalue weighted by atomic mass is 16.6. The van der Waals surface area contributed by atoms with Crippen LogP contribution in [0.25, 0.3) is 0 Å². The Morgan fingerprint density at radius 2 is 2.04 bits per heavy atom. The number of hydrogen-bond acceptors (Lipinski definition) is 5. The van der Waals surface area contributed by atoms with Crippen molar-refractivity contribution in [1.82, 2.24) is 4.90 Å². The molecule has 1 amide bonds. The van der Waals surface area contributed by atoms with Gasteiger partial charge in [0.1, 0.15) is 0 Å². The van der Waals surface area contributed by atoms with Crippen molar-refractivity contribution in [3.05, 3.63) is 34.4 Å². The van der Waals surface area contributed by atoms with Crippen molar-refractivity contribution in [3.63, 3.8) is 0 Å². The number of carbonyl (C=O) groups is 1. The van der Waals surface area contributed by atoms with Gasteiger partial charge >= 0.3 is 6.09 Å². The minimum Gasteiger partial charge on any atom is -0.449 e. The number of amides is 1. The summed E-state index contributed by atoms with van der Waals surface area (Å²) in [5, 5.41) is 10.7. The lowest BCUT2D eigenvalue weighted by Gasteiger charge is -2.40. The Kier molecular flexibility index (Phi) is 5.78. The first-order valence-electron chi connectivity index (χ1n) is 7.95. The van der Waals surface area contributed by atoms with E-state index >= 15 is 0 Å². The third kappa shape index (κ3) is 4.34. The maximum absolute atomic E-state index is 12.1. The van der Waals surface area contributed by atoms with Crippen molar-refractivity contribution < 1.29 is 14.5 Å². The van der Waals surface area contributed by atoms with Crippen LogP contribution >= 0.6 is 0 Å². The van der Waals surface area contributed by atoms with E-state index in [0.717, 1.165) is 18.5 Å². The van der Waals surface area contributed by atoms with Gasteiger partial charge in [0.25, 0.3) is 5.69 Å². The Morgan fingerprint density at radius 1 is 1.35 bits per heavy atom. The molecule has 1 aromatic carbocycles. The van der Waals surface area contributed by atoms with Crippen LogP contribution in [-0.4, -0.2) is 48.2 Å². The molecule has 1 aromatic rings. The second kappa shape index (κ2) is 7.80. The molecule has 23 heavy (non-hydrogen) atoms. The molecule has 1 atom stereocenters. The van der Waals surface area contributed by atoms with Crippen LogP contribution in [0.15, 0.2) is 24.3 Å². The van der Waals surface area contributed by atoms with Crippen LogP contribution in [-0.2, 0) is 4.74 Å². The number of carbonyl (C=O) groups excluding carboxylic acids is 1. The molecule has 0 aliphatic carbocycles. The number of unbranched alkanes of at least 4 members (excludes halogenated alkanes) is 1. The summed E-state index contributed by atoms with van der Waals surface area (Å²) in [4.78, 5) is 26.2. The number of hydrogen-bond donors (Lipinski definition) is 0. The topological polar surface area (TPSA) is 75.9 Å². The lowest BCUT2D eigenvalue weighted by atomic mass is 10.1. The summed E-state index contributed by atoms with van der Waals surface area (Å²) in [6.45, 7) is 6.46. The Balaban J connectivity index is 1.92. The Morgan fingerprint density at radius 3 is 2.61 bits per heavy atom. The second-order valence-corrected chi connectivity index (χ2v) is 5.73. The molecule has 1 unspecified atom stereocenters. The smallest absolute Gasteiger partial charge is 0.410 e. The molecule has 1 aliphatic rings. The van der Waals surface area contributed by atoms with E-state index in [1.807, 2.05) is 6.92 Å². The summed E-state index contributed by atoms with van der Waals surface area (Å²) < 4.78 is 5.27. The lowest BCUT2D eigenvalue weighted by molar-refractivity contribution is -0.384. The summed E-state index contributed by atoms with van der Waals surface area (Å²) in [5.74, 6) is 0. The van der Waals surface area contributed by atoms with Gasteiger partial charge in [-0.2, -0.15) is 0 Å². The van der Waals surface area contributed by atoms with E-state index in [4.69, 9.17) is 4.74 Å². The zero-order valence-corrected chi connectivity index (χ0v) is 13.6. The molecule has 0 N–H and O–H groups in total. The van der Waals surface area contributed by atoms with Crippen LogP contribution in [0.5, 0.6) is 0 Å². The van der Waals surface area contributed by atoms with Crippen molar-refractivity contribution in [1.29, 1.82) is 0 Å². The molecule has 0 spiro atoms. The zero-order chi connectivity index (χ0) is 16.8. The molecule has 0 aromatic heterocycles. The molecule has 1 fully saturated rings.